The predicted octanol–water partition coefficient (Wildman–Crippen LogP) is 3.83. The summed E-state index contributed by atoms with van der Waals surface area (Å²) in [6.07, 6.45) is 0. The van der Waals surface area contributed by atoms with E-state index in [-0.39, 0.29) is 17.5 Å². The van der Waals surface area contributed by atoms with Crippen molar-refractivity contribution in [3.63, 3.8) is 0 Å². The van der Waals surface area contributed by atoms with Gasteiger partial charge in [-0.1, -0.05) is 17.2 Å². The summed E-state index contributed by atoms with van der Waals surface area (Å²) in [5.74, 6) is -0.466. The minimum atomic E-state index is -0.328. The largest absolute Gasteiger partial charge is 0.462 e. The Kier molecular flexibility index (Phi) is 7.71. The fraction of sp³-hybridized carbons (Fsp3) is 0.529. The van der Waals surface area contributed by atoms with Crippen LogP contribution >= 0.6 is 0 Å². The Bertz CT molecular complexity index is 464. The van der Waals surface area contributed by atoms with E-state index in [0.717, 1.165) is 11.1 Å². The molecule has 0 heterocycles. The van der Waals surface area contributed by atoms with Crippen molar-refractivity contribution in [1.82, 2.24) is 0 Å². The van der Waals surface area contributed by atoms with Crippen molar-refractivity contribution in [3.05, 3.63) is 34.9 Å². The lowest BCUT2D eigenvalue weighted by atomic mass is 10.1. The molecule has 0 spiro atoms. The van der Waals surface area contributed by atoms with Gasteiger partial charge in [0.15, 0.2) is 0 Å². The summed E-state index contributed by atoms with van der Waals surface area (Å²) >= 11 is 0. The van der Waals surface area contributed by atoms with E-state index >= 15 is 0 Å². The summed E-state index contributed by atoms with van der Waals surface area (Å²) in [4.78, 5) is 21.6. The van der Waals surface area contributed by atoms with Crippen molar-refractivity contribution in [2.75, 3.05) is 6.61 Å². The van der Waals surface area contributed by atoms with Gasteiger partial charge in [-0.05, 0) is 53.7 Å². The van der Waals surface area contributed by atoms with Gasteiger partial charge in [-0.2, -0.15) is 0 Å². The number of carbonyl (C=O) groups excluding carboxylic acids is 2. The molecule has 4 heteroatoms. The number of rotatable bonds is 2. The smallest absolute Gasteiger partial charge is 0.338 e. The van der Waals surface area contributed by atoms with Crippen molar-refractivity contribution in [1.29, 1.82) is 0 Å². The van der Waals surface area contributed by atoms with E-state index in [0.29, 0.717) is 12.2 Å². The molecule has 21 heavy (non-hydrogen) atoms. The summed E-state index contributed by atoms with van der Waals surface area (Å²) in [5.41, 5.74) is 2.48. The molecule has 0 saturated carbocycles. The molecule has 0 unspecified atom stereocenters. The molecule has 1 aromatic carbocycles. The molecule has 0 aromatic heterocycles. The van der Waals surface area contributed by atoms with Crippen LogP contribution in [0.5, 0.6) is 0 Å². The topological polar surface area (TPSA) is 52.6 Å². The summed E-state index contributed by atoms with van der Waals surface area (Å²) < 4.78 is 9.70. The third-order valence-corrected chi connectivity index (χ3v) is 2.18. The van der Waals surface area contributed by atoms with Crippen molar-refractivity contribution < 1.29 is 19.1 Å². The first-order valence-corrected chi connectivity index (χ1v) is 7.00. The summed E-state index contributed by atoms with van der Waals surface area (Å²) in [6, 6.07) is 5.71. The highest BCUT2D eigenvalue weighted by molar-refractivity contribution is 5.89. The standard InChI is InChI=1S/C11H14O2.C6H12O2/c1-4-13-11(12)10-6-8(2)5-9(3)7-10;1-5(7)8-6(2,3)4/h5-7H,4H2,1-3H3;1-4H3. The summed E-state index contributed by atoms with van der Waals surface area (Å²) in [5, 5.41) is 0. The average molecular weight is 294 g/mol. The van der Waals surface area contributed by atoms with E-state index in [4.69, 9.17) is 9.47 Å². The zero-order valence-corrected chi connectivity index (χ0v) is 14.1. The van der Waals surface area contributed by atoms with E-state index in [1.54, 1.807) is 6.92 Å². The van der Waals surface area contributed by atoms with Crippen molar-refractivity contribution in [3.8, 4) is 0 Å². The van der Waals surface area contributed by atoms with Crippen LogP contribution in [0, 0.1) is 13.8 Å². The Morgan fingerprint density at radius 2 is 1.52 bits per heavy atom. The first-order valence-electron chi connectivity index (χ1n) is 7.00. The van der Waals surface area contributed by atoms with Gasteiger partial charge in [-0.15, -0.1) is 0 Å². The number of aryl methyl sites for hydroxylation is 2. The quantitative estimate of drug-likeness (QED) is 0.778. The maximum Gasteiger partial charge on any atom is 0.338 e. The SMILES string of the molecule is CC(=O)OC(C)(C)C.CCOC(=O)c1cc(C)cc(C)c1. The molecule has 0 aliphatic heterocycles. The lowest BCUT2D eigenvalue weighted by Crippen LogP contribution is -2.21. The molecular weight excluding hydrogens is 268 g/mol. The van der Waals surface area contributed by atoms with Crippen molar-refractivity contribution in [2.45, 2.75) is 54.1 Å². The molecular formula is C17H26O4. The zero-order chi connectivity index (χ0) is 16.6. The molecule has 0 radical (unpaired) electrons. The highest BCUT2D eigenvalue weighted by atomic mass is 16.6. The first kappa shape index (κ1) is 19.2. The van der Waals surface area contributed by atoms with Gasteiger partial charge in [0.1, 0.15) is 5.60 Å². The molecule has 0 bridgehead atoms. The molecule has 0 N–H and O–H groups in total. The predicted molar refractivity (Wildman–Crippen MR) is 83.4 cm³/mol. The average Bonchev–Trinajstić information content (AvgIpc) is 2.25. The lowest BCUT2D eigenvalue weighted by Gasteiger charge is -2.17. The minimum Gasteiger partial charge on any atom is -0.462 e. The normalized spacial score (nSPS) is 10.2. The van der Waals surface area contributed by atoms with Gasteiger partial charge in [0.25, 0.3) is 0 Å². The van der Waals surface area contributed by atoms with Crippen LogP contribution in [0.4, 0.5) is 0 Å². The van der Waals surface area contributed by atoms with Gasteiger partial charge in [0, 0.05) is 6.92 Å². The number of benzene rings is 1. The minimum absolute atomic E-state index is 0.225. The molecule has 0 aliphatic rings. The Balaban J connectivity index is 0.000000433. The van der Waals surface area contributed by atoms with Crippen LogP contribution in [-0.2, 0) is 14.3 Å². The second kappa shape index (κ2) is 8.45. The monoisotopic (exact) mass is 294 g/mol. The Morgan fingerprint density at radius 1 is 1.05 bits per heavy atom. The summed E-state index contributed by atoms with van der Waals surface area (Å²) in [6.45, 7) is 13.1. The van der Waals surface area contributed by atoms with E-state index in [2.05, 4.69) is 0 Å². The molecule has 1 aromatic rings. The number of hydrogen-bond acceptors (Lipinski definition) is 4. The number of esters is 2. The van der Waals surface area contributed by atoms with Gasteiger partial charge in [0.05, 0.1) is 12.2 Å². The van der Waals surface area contributed by atoms with E-state index in [1.165, 1.54) is 6.92 Å². The van der Waals surface area contributed by atoms with Gasteiger partial charge in [-0.25, -0.2) is 4.79 Å². The van der Waals surface area contributed by atoms with Crippen molar-refractivity contribution >= 4 is 11.9 Å². The second-order valence-corrected chi connectivity index (χ2v) is 5.80. The van der Waals surface area contributed by atoms with E-state index in [9.17, 15) is 9.59 Å². The molecule has 0 atom stereocenters. The van der Waals surface area contributed by atoms with Crippen molar-refractivity contribution in [2.24, 2.45) is 0 Å². The molecule has 4 nitrogen and oxygen atoms in total. The Hall–Kier alpha value is -1.84. The van der Waals surface area contributed by atoms with Gasteiger partial charge < -0.3 is 9.47 Å². The maximum absolute atomic E-state index is 11.3. The highest BCUT2D eigenvalue weighted by Gasteiger charge is 2.11. The zero-order valence-electron chi connectivity index (χ0n) is 14.1. The van der Waals surface area contributed by atoms with Crippen LogP contribution in [-0.4, -0.2) is 24.1 Å². The molecule has 0 fully saturated rings. The van der Waals surface area contributed by atoms with E-state index in [1.807, 2.05) is 52.8 Å². The third kappa shape index (κ3) is 9.66. The number of ether oxygens (including phenoxy) is 2. The number of carbonyl (C=O) groups is 2. The van der Waals surface area contributed by atoms with Crippen LogP contribution in [0.3, 0.4) is 0 Å². The fourth-order valence-corrected chi connectivity index (χ4v) is 1.74. The van der Waals surface area contributed by atoms with Crippen LogP contribution < -0.4 is 0 Å². The van der Waals surface area contributed by atoms with E-state index < -0.39 is 0 Å². The molecule has 0 saturated heterocycles. The number of hydrogen-bond donors (Lipinski definition) is 0. The molecule has 118 valence electrons. The third-order valence-electron chi connectivity index (χ3n) is 2.18. The first-order chi connectivity index (χ1) is 9.55. The fourth-order valence-electron chi connectivity index (χ4n) is 1.74. The van der Waals surface area contributed by atoms with Crippen LogP contribution in [0.2, 0.25) is 0 Å². The maximum atomic E-state index is 11.3. The Morgan fingerprint density at radius 3 is 1.81 bits per heavy atom. The molecule has 0 aliphatic carbocycles. The molecule has 0 amide bonds. The van der Waals surface area contributed by atoms with Gasteiger partial charge >= 0.3 is 11.9 Å². The Labute approximate surface area is 127 Å². The van der Waals surface area contributed by atoms with Crippen LogP contribution in [0.15, 0.2) is 18.2 Å². The highest BCUT2D eigenvalue weighted by Crippen LogP contribution is 2.09. The lowest BCUT2D eigenvalue weighted by molar-refractivity contribution is -0.151. The molecule has 1 rings (SSSR count). The van der Waals surface area contributed by atoms with Crippen LogP contribution in [0.25, 0.3) is 0 Å². The summed E-state index contributed by atoms with van der Waals surface area (Å²) in [7, 11) is 0. The second-order valence-electron chi connectivity index (χ2n) is 5.80. The van der Waals surface area contributed by atoms with Crippen LogP contribution in [0.1, 0.15) is 56.1 Å². The van der Waals surface area contributed by atoms with Gasteiger partial charge in [0.2, 0.25) is 0 Å². The van der Waals surface area contributed by atoms with Gasteiger partial charge in [-0.3, -0.25) is 4.79 Å².